The van der Waals surface area contributed by atoms with Gasteiger partial charge in [-0.25, -0.2) is 87.8 Å². The molecule has 0 radical (unpaired) electrons. The molecule has 0 amide bonds. The van der Waals surface area contributed by atoms with Gasteiger partial charge in [-0.15, -0.1) is 21.9 Å². The summed E-state index contributed by atoms with van der Waals surface area (Å²) >= 11 is 0. The van der Waals surface area contributed by atoms with Crippen molar-refractivity contribution in [3.05, 3.63) is 279 Å². The molecule has 0 saturated carbocycles. The Bertz CT molecular complexity index is 3530. The van der Waals surface area contributed by atoms with E-state index in [1.54, 1.807) is 0 Å². The molecule has 9 aromatic rings. The lowest BCUT2D eigenvalue weighted by atomic mass is 9.12. The van der Waals surface area contributed by atoms with E-state index in [0.29, 0.717) is 15.4 Å². The van der Waals surface area contributed by atoms with Crippen molar-refractivity contribution in [3.8, 4) is 0 Å². The van der Waals surface area contributed by atoms with Gasteiger partial charge in [0.25, 0.3) is 0 Å². The van der Waals surface area contributed by atoms with Gasteiger partial charge in [-0.3, -0.25) is 4.79 Å². The molecule has 0 aromatic heterocycles. The number of carbonyl (C=O) groups excluding carboxylic acids is 1. The summed E-state index contributed by atoms with van der Waals surface area (Å²) in [5.41, 5.74) is -10.3. The maximum Gasteiger partial charge on any atom is 0.212 e. The largest absolute Gasteiger partial charge is 0.363 e. The number of anilines is 1. The molecule has 0 aliphatic rings. The van der Waals surface area contributed by atoms with Crippen LogP contribution >= 0.6 is 0 Å². The molecule has 83 heavy (non-hydrogen) atoms. The van der Waals surface area contributed by atoms with E-state index >= 15 is 35.1 Å². The second kappa shape index (κ2) is 24.0. The molecule has 0 aliphatic heterocycles. The highest BCUT2D eigenvalue weighted by molar-refractivity contribution is 8.03. The number of benzene rings is 9. The van der Waals surface area contributed by atoms with Crippen LogP contribution in [0.1, 0.15) is 21.5 Å². The van der Waals surface area contributed by atoms with Gasteiger partial charge < -0.3 is 4.90 Å². The summed E-state index contributed by atoms with van der Waals surface area (Å²) in [4.78, 5) is 17.1. The zero-order valence-corrected chi connectivity index (χ0v) is 42.1. The minimum Gasteiger partial charge on any atom is -0.363 e. The van der Waals surface area contributed by atoms with E-state index in [9.17, 15) is 61.7 Å². The standard InChI is InChI=1S/C34H30NO2S.C24BF20/c36-34(27-38(37,32-17-9-3-10-18-32)33-19-11-4-12-20-33)30-21-23-31(24-22-30)35(25-28-13-5-1-6-14-28)26-29-15-7-2-8-16-29;26-5-1(6(27)14(35)21(42)13(5)34)25(2-7(28)15(36)22(43)16(37)8(2)29,3-9(30)17(38)23(44)18(39)10(3)31)4-11(32)19(40)24(45)20(41)12(4)33/h1-24H,25-27H2;/q+1;-1. The summed E-state index contributed by atoms with van der Waals surface area (Å²) in [6, 6.07) is 47.1. The average molecular weight is 1200 g/mol. The summed E-state index contributed by atoms with van der Waals surface area (Å²) in [6.07, 6.45) is -7.22. The summed E-state index contributed by atoms with van der Waals surface area (Å²) in [7, 11) is -2.76. The molecule has 0 N–H and O–H groups in total. The molecule has 0 atom stereocenters. The maximum atomic E-state index is 15.4. The molecule has 25 heteroatoms. The van der Waals surface area contributed by atoms with E-state index in [-0.39, 0.29) is 11.5 Å². The number of nitrogens with zero attached hydrogens (tertiary/aromatic N) is 1. The molecular weight excluding hydrogens is 1170 g/mol. The average Bonchev–Trinajstić information content (AvgIpc) is 1.75. The van der Waals surface area contributed by atoms with Crippen molar-refractivity contribution in [2.24, 2.45) is 0 Å². The fraction of sp³-hybridized carbons (Fsp3) is 0.0517. The molecule has 9 rings (SSSR count). The molecule has 0 aliphatic carbocycles. The Balaban J connectivity index is 0.000000220. The third kappa shape index (κ3) is 10.7. The van der Waals surface area contributed by atoms with Crippen molar-refractivity contribution in [1.29, 1.82) is 0 Å². The van der Waals surface area contributed by atoms with Gasteiger partial charge in [0.05, 0.1) is 0 Å². The van der Waals surface area contributed by atoms with Gasteiger partial charge in [0.1, 0.15) is 52.7 Å². The highest BCUT2D eigenvalue weighted by Crippen LogP contribution is 2.33. The Labute approximate surface area is 457 Å². The first kappa shape index (κ1) is 60.4. The lowest BCUT2D eigenvalue weighted by Gasteiger charge is -2.44. The predicted molar refractivity (Wildman–Crippen MR) is 265 cm³/mol. The van der Waals surface area contributed by atoms with Gasteiger partial charge in [-0.1, -0.05) is 101 Å². The molecule has 0 saturated heterocycles. The van der Waals surface area contributed by atoms with Crippen LogP contribution in [0.5, 0.6) is 0 Å². The van der Waals surface area contributed by atoms with Gasteiger partial charge in [0, 0.05) is 24.3 Å². The van der Waals surface area contributed by atoms with Crippen molar-refractivity contribution in [1.82, 2.24) is 0 Å². The molecule has 0 unspecified atom stereocenters. The number of hydrogen-bond donors (Lipinski definition) is 0. The number of carbonyl (C=O) groups is 1. The molecular formula is C58H30BF20NO2S. The monoisotopic (exact) mass is 1200 g/mol. The van der Waals surface area contributed by atoms with Crippen molar-refractivity contribution in [2.45, 2.75) is 22.9 Å². The molecule has 9 aromatic carbocycles. The van der Waals surface area contributed by atoms with Crippen LogP contribution in [-0.4, -0.2) is 17.7 Å². The second-order valence-corrected chi connectivity index (χ2v) is 20.6. The van der Waals surface area contributed by atoms with Crippen molar-refractivity contribution < 1.29 is 96.8 Å². The van der Waals surface area contributed by atoms with E-state index in [4.69, 9.17) is 0 Å². The number of ketones is 1. The Morgan fingerprint density at radius 3 is 0.795 bits per heavy atom. The predicted octanol–water partition coefficient (Wildman–Crippen LogP) is 13.5. The Kier molecular flexibility index (Phi) is 17.5. The van der Waals surface area contributed by atoms with Crippen molar-refractivity contribution in [3.63, 3.8) is 0 Å². The van der Waals surface area contributed by atoms with Crippen molar-refractivity contribution in [2.75, 3.05) is 10.7 Å². The summed E-state index contributed by atoms with van der Waals surface area (Å²) in [6.45, 7) is 1.50. The SMILES string of the molecule is Fc1c(F)c(F)c([B-](c2c(F)c(F)c(F)c(F)c2F)(c2c(F)c(F)c(F)c(F)c2F)c2c(F)c(F)c(F)c(F)c2F)c(F)c1F.O=C(C[S+](=O)(c1ccccc1)c1ccccc1)c1ccc(N(Cc2ccccc2)Cc2ccccc2)cc1. The minimum atomic E-state index is -7.22. The first-order valence-electron chi connectivity index (χ1n) is 23.6. The minimum absolute atomic E-state index is 0.0713. The van der Waals surface area contributed by atoms with Gasteiger partial charge >= 0.3 is 0 Å². The van der Waals surface area contributed by atoms with Crippen LogP contribution in [0.15, 0.2) is 155 Å². The topological polar surface area (TPSA) is 37.4 Å². The fourth-order valence-electron chi connectivity index (χ4n) is 9.43. The first-order chi connectivity index (χ1) is 39.3. The van der Waals surface area contributed by atoms with Crippen LogP contribution in [0.2, 0.25) is 0 Å². The first-order valence-corrected chi connectivity index (χ1v) is 25.4. The van der Waals surface area contributed by atoms with Crippen LogP contribution in [0, 0.1) is 116 Å². The smallest absolute Gasteiger partial charge is 0.212 e. The summed E-state index contributed by atoms with van der Waals surface area (Å²) < 4.78 is 308. The van der Waals surface area contributed by atoms with Crippen LogP contribution in [0.3, 0.4) is 0 Å². The Morgan fingerprint density at radius 2 is 0.542 bits per heavy atom. The van der Waals surface area contributed by atoms with Gasteiger partial charge in [-0.05, 0) is 59.7 Å². The lowest BCUT2D eigenvalue weighted by molar-refractivity contribution is 0.102. The van der Waals surface area contributed by atoms with E-state index in [0.717, 1.165) is 18.8 Å². The molecule has 0 fully saturated rings. The molecule has 3 nitrogen and oxygen atoms in total. The fourth-order valence-corrected chi connectivity index (χ4v) is 11.8. The molecule has 0 heterocycles. The summed E-state index contributed by atoms with van der Waals surface area (Å²) in [5.74, 6) is -71.6. The highest BCUT2D eigenvalue weighted by Gasteiger charge is 2.52. The lowest BCUT2D eigenvalue weighted by Crippen LogP contribution is -2.81. The van der Waals surface area contributed by atoms with Crippen LogP contribution in [0.25, 0.3) is 0 Å². The summed E-state index contributed by atoms with van der Waals surface area (Å²) in [5, 5.41) is 0. The van der Waals surface area contributed by atoms with Gasteiger partial charge in [0.2, 0.25) is 5.78 Å². The normalized spacial score (nSPS) is 11.6. The maximum absolute atomic E-state index is 15.4. The number of rotatable bonds is 14. The van der Waals surface area contributed by atoms with E-state index in [1.807, 2.05) is 97.1 Å². The van der Waals surface area contributed by atoms with Crippen LogP contribution in [-0.2, 0) is 27.2 Å². The third-order valence-electron chi connectivity index (χ3n) is 13.3. The van der Waals surface area contributed by atoms with Crippen LogP contribution < -0.4 is 26.8 Å². The van der Waals surface area contributed by atoms with E-state index < -0.39 is 154 Å². The Hall–Kier alpha value is -8.74. The van der Waals surface area contributed by atoms with E-state index in [1.165, 1.54) is 11.1 Å². The number of hydrogen-bond acceptors (Lipinski definition) is 3. The van der Waals surface area contributed by atoms with Gasteiger partial charge in [0.15, 0.2) is 95.3 Å². The number of halogens is 20. The van der Waals surface area contributed by atoms with Gasteiger partial charge in [-0.2, -0.15) is 0 Å². The highest BCUT2D eigenvalue weighted by atomic mass is 32.2. The molecule has 428 valence electrons. The number of Topliss-reactive ketones (excluding diaryl/α,β-unsaturated/α-hetero) is 1. The van der Waals surface area contributed by atoms with E-state index in [2.05, 4.69) is 53.4 Å². The molecule has 0 bridgehead atoms. The zero-order chi connectivity index (χ0) is 60.6. The van der Waals surface area contributed by atoms with Crippen molar-refractivity contribution >= 4 is 49.4 Å². The second-order valence-electron chi connectivity index (χ2n) is 18.0. The molecule has 0 spiro atoms. The quantitative estimate of drug-likeness (QED) is 0.0272. The van der Waals surface area contributed by atoms with Crippen LogP contribution in [0.4, 0.5) is 93.5 Å². The zero-order valence-electron chi connectivity index (χ0n) is 41.3. The Morgan fingerprint density at radius 1 is 0.313 bits per heavy atom. The third-order valence-corrected chi connectivity index (χ3v) is 16.0.